The Morgan fingerprint density at radius 2 is 2.05 bits per heavy atom. The van der Waals surface area contributed by atoms with Gasteiger partial charge in [0.2, 0.25) is 0 Å². The van der Waals surface area contributed by atoms with Crippen LogP contribution in [0.2, 0.25) is 0 Å². The van der Waals surface area contributed by atoms with Crippen molar-refractivity contribution in [2.75, 3.05) is 0 Å². The first-order valence-corrected chi connectivity index (χ1v) is 6.93. The van der Waals surface area contributed by atoms with Crippen LogP contribution in [-0.2, 0) is 6.54 Å². The maximum atomic E-state index is 12.0. The minimum Gasteiger partial charge on any atom is -0.347 e. The predicted molar refractivity (Wildman–Crippen MR) is 78.1 cm³/mol. The average molecular weight is 290 g/mol. The summed E-state index contributed by atoms with van der Waals surface area (Å²) in [6, 6.07) is 6.48. The normalized spacial score (nSPS) is 10.3. The molecular weight excluding hydrogens is 276 g/mol. The van der Waals surface area contributed by atoms with Crippen LogP contribution in [0.3, 0.4) is 0 Å². The van der Waals surface area contributed by atoms with Crippen LogP contribution in [0.25, 0.3) is 0 Å². The minimum atomic E-state index is -0.477. The second-order valence-electron chi connectivity index (χ2n) is 4.47. The molecule has 0 aliphatic heterocycles. The van der Waals surface area contributed by atoms with Gasteiger partial charge in [0.25, 0.3) is 11.6 Å². The third-order valence-electron chi connectivity index (χ3n) is 3.05. The number of nitrogens with zero attached hydrogens (tertiary/aromatic N) is 1. The highest BCUT2D eigenvalue weighted by molar-refractivity contribution is 7.10. The van der Waals surface area contributed by atoms with E-state index in [9.17, 15) is 14.9 Å². The van der Waals surface area contributed by atoms with Gasteiger partial charge >= 0.3 is 0 Å². The van der Waals surface area contributed by atoms with Crippen LogP contribution in [0.5, 0.6) is 0 Å². The van der Waals surface area contributed by atoms with E-state index in [2.05, 4.69) is 5.32 Å². The molecule has 0 atom stereocenters. The lowest BCUT2D eigenvalue weighted by Crippen LogP contribution is -2.22. The molecule has 0 aliphatic carbocycles. The number of carbonyl (C=O) groups excluding carboxylic acids is 1. The van der Waals surface area contributed by atoms with Crippen LogP contribution in [0, 0.1) is 24.0 Å². The van der Waals surface area contributed by atoms with E-state index in [0.717, 1.165) is 10.4 Å². The molecule has 0 unspecified atom stereocenters. The zero-order valence-electron chi connectivity index (χ0n) is 11.2. The molecular formula is C14H14N2O3S. The lowest BCUT2D eigenvalue weighted by molar-refractivity contribution is -0.385. The second-order valence-corrected chi connectivity index (χ2v) is 5.47. The minimum absolute atomic E-state index is 0.0371. The van der Waals surface area contributed by atoms with Crippen molar-refractivity contribution in [1.82, 2.24) is 5.32 Å². The van der Waals surface area contributed by atoms with Crippen LogP contribution in [0.15, 0.2) is 29.6 Å². The number of rotatable bonds is 4. The molecule has 1 amide bonds. The smallest absolute Gasteiger partial charge is 0.273 e. The average Bonchev–Trinajstić information content (AvgIpc) is 2.81. The van der Waals surface area contributed by atoms with Crippen molar-refractivity contribution < 1.29 is 9.72 Å². The number of amides is 1. The molecule has 20 heavy (non-hydrogen) atoms. The molecule has 0 aliphatic rings. The molecule has 2 rings (SSSR count). The summed E-state index contributed by atoms with van der Waals surface area (Å²) in [4.78, 5) is 23.5. The van der Waals surface area contributed by atoms with Gasteiger partial charge in [0.05, 0.1) is 11.5 Å². The molecule has 5 nitrogen and oxygen atoms in total. The number of nitro groups is 1. The molecule has 2 aromatic rings. The summed E-state index contributed by atoms with van der Waals surface area (Å²) < 4.78 is 0. The summed E-state index contributed by atoms with van der Waals surface area (Å²) in [7, 11) is 0. The van der Waals surface area contributed by atoms with E-state index >= 15 is 0 Å². The van der Waals surface area contributed by atoms with Gasteiger partial charge in [0.15, 0.2) is 0 Å². The largest absolute Gasteiger partial charge is 0.347 e. The number of nitrogens with one attached hydrogen (secondary N) is 1. The number of hydrogen-bond acceptors (Lipinski definition) is 4. The summed E-state index contributed by atoms with van der Waals surface area (Å²) >= 11 is 1.57. The van der Waals surface area contributed by atoms with Crippen LogP contribution >= 0.6 is 11.3 Å². The van der Waals surface area contributed by atoms with Gasteiger partial charge in [0.1, 0.15) is 0 Å². The van der Waals surface area contributed by atoms with Crippen molar-refractivity contribution in [3.63, 3.8) is 0 Å². The third kappa shape index (κ3) is 3.03. The van der Waals surface area contributed by atoms with Crippen LogP contribution < -0.4 is 5.32 Å². The molecule has 0 bridgehead atoms. The molecule has 104 valence electrons. The summed E-state index contributed by atoms with van der Waals surface area (Å²) in [5, 5.41) is 15.6. The Labute approximate surface area is 120 Å². The van der Waals surface area contributed by atoms with Crippen molar-refractivity contribution in [3.8, 4) is 0 Å². The zero-order valence-corrected chi connectivity index (χ0v) is 12.0. The molecule has 0 fully saturated rings. The van der Waals surface area contributed by atoms with Gasteiger partial charge in [-0.3, -0.25) is 14.9 Å². The second kappa shape index (κ2) is 5.83. The fourth-order valence-electron chi connectivity index (χ4n) is 1.80. The highest BCUT2D eigenvalue weighted by atomic mass is 32.1. The van der Waals surface area contributed by atoms with E-state index in [4.69, 9.17) is 0 Å². The molecule has 1 N–H and O–H groups in total. The predicted octanol–water partition coefficient (Wildman–Crippen LogP) is 3.20. The maximum absolute atomic E-state index is 12.0. The summed E-state index contributed by atoms with van der Waals surface area (Å²) in [5.41, 5.74) is 1.94. The van der Waals surface area contributed by atoms with Crippen LogP contribution in [0.4, 0.5) is 5.69 Å². The van der Waals surface area contributed by atoms with E-state index in [1.807, 2.05) is 18.4 Å². The van der Waals surface area contributed by atoms with Gasteiger partial charge in [-0.1, -0.05) is 6.07 Å². The lowest BCUT2D eigenvalue weighted by atomic mass is 10.1. The standard InChI is InChI=1S/C14H14N2O3S/c1-9-3-4-11(7-12(9)16(18)19)14(17)15-8-13-10(2)5-6-20-13/h3-7H,8H2,1-2H3,(H,15,17). The van der Waals surface area contributed by atoms with Gasteiger partial charge in [-0.2, -0.15) is 0 Å². The Morgan fingerprint density at radius 3 is 2.65 bits per heavy atom. The highest BCUT2D eigenvalue weighted by Crippen LogP contribution is 2.20. The number of benzene rings is 1. The van der Waals surface area contributed by atoms with Gasteiger partial charge < -0.3 is 5.32 Å². The van der Waals surface area contributed by atoms with E-state index in [0.29, 0.717) is 17.7 Å². The SMILES string of the molecule is Cc1ccc(C(=O)NCc2sccc2C)cc1[N+](=O)[O-]. The lowest BCUT2D eigenvalue weighted by Gasteiger charge is -2.05. The third-order valence-corrected chi connectivity index (χ3v) is 4.07. The molecule has 1 aromatic carbocycles. The number of nitro benzene ring substituents is 1. The first-order chi connectivity index (χ1) is 9.49. The maximum Gasteiger partial charge on any atom is 0.273 e. The Bertz CT molecular complexity index is 664. The summed E-state index contributed by atoms with van der Waals surface area (Å²) in [5.74, 6) is -0.305. The van der Waals surface area contributed by atoms with Crippen molar-refractivity contribution in [1.29, 1.82) is 0 Å². The highest BCUT2D eigenvalue weighted by Gasteiger charge is 2.15. The van der Waals surface area contributed by atoms with Crippen molar-refractivity contribution in [2.24, 2.45) is 0 Å². The fourth-order valence-corrected chi connectivity index (χ4v) is 2.64. The Hall–Kier alpha value is -2.21. The van der Waals surface area contributed by atoms with Crippen LogP contribution in [-0.4, -0.2) is 10.8 Å². The van der Waals surface area contributed by atoms with Gasteiger partial charge in [-0.15, -0.1) is 11.3 Å². The van der Waals surface area contributed by atoms with E-state index in [1.54, 1.807) is 30.4 Å². The van der Waals surface area contributed by atoms with E-state index in [-0.39, 0.29) is 11.6 Å². The number of carbonyl (C=O) groups is 1. The summed E-state index contributed by atoms with van der Waals surface area (Å²) in [6.45, 7) is 4.06. The number of thiophene rings is 1. The fraction of sp³-hybridized carbons (Fsp3) is 0.214. The van der Waals surface area contributed by atoms with Gasteiger partial charge in [0, 0.05) is 22.1 Å². The van der Waals surface area contributed by atoms with Crippen molar-refractivity contribution in [2.45, 2.75) is 20.4 Å². The molecule has 0 radical (unpaired) electrons. The molecule has 0 saturated heterocycles. The molecule has 0 saturated carbocycles. The molecule has 1 aromatic heterocycles. The van der Waals surface area contributed by atoms with Gasteiger partial charge in [-0.25, -0.2) is 0 Å². The molecule has 0 spiro atoms. The van der Waals surface area contributed by atoms with Crippen molar-refractivity contribution in [3.05, 3.63) is 61.3 Å². The topological polar surface area (TPSA) is 72.2 Å². The number of hydrogen-bond donors (Lipinski definition) is 1. The molecule has 6 heteroatoms. The Kier molecular flexibility index (Phi) is 4.14. The van der Waals surface area contributed by atoms with Gasteiger partial charge in [-0.05, 0) is 36.9 Å². The first-order valence-electron chi connectivity index (χ1n) is 6.05. The van der Waals surface area contributed by atoms with Crippen LogP contribution in [0.1, 0.15) is 26.4 Å². The van der Waals surface area contributed by atoms with E-state index in [1.165, 1.54) is 6.07 Å². The molecule has 1 heterocycles. The quantitative estimate of drug-likeness (QED) is 0.694. The number of aryl methyl sites for hydroxylation is 2. The van der Waals surface area contributed by atoms with E-state index < -0.39 is 4.92 Å². The van der Waals surface area contributed by atoms with Crippen molar-refractivity contribution >= 4 is 22.9 Å². The first kappa shape index (κ1) is 14.2. The Balaban J connectivity index is 2.12. The monoisotopic (exact) mass is 290 g/mol. The Morgan fingerprint density at radius 1 is 1.30 bits per heavy atom. The zero-order chi connectivity index (χ0) is 14.7. The summed E-state index contributed by atoms with van der Waals surface area (Å²) in [6.07, 6.45) is 0.